The number of likely N-dealkylation sites (tertiary alicyclic amines) is 1. The van der Waals surface area contributed by atoms with Gasteiger partial charge in [0.05, 0.1) is 6.04 Å². The molecule has 1 unspecified atom stereocenters. The molecule has 1 saturated heterocycles. The Labute approximate surface area is 108 Å². The lowest BCUT2D eigenvalue weighted by atomic mass is 10.0. The summed E-state index contributed by atoms with van der Waals surface area (Å²) in [6.07, 6.45) is 3.15. The summed E-state index contributed by atoms with van der Waals surface area (Å²) < 4.78 is 0. The van der Waals surface area contributed by atoms with Crippen molar-refractivity contribution in [2.45, 2.75) is 31.8 Å². The van der Waals surface area contributed by atoms with Gasteiger partial charge in [0.1, 0.15) is 5.75 Å². The number of hydrogen-bond acceptors (Lipinski definition) is 3. The number of amides is 1. The van der Waals surface area contributed by atoms with Crippen LogP contribution in [0.5, 0.6) is 5.75 Å². The number of hydrogen-bond donors (Lipinski definition) is 2. The first-order chi connectivity index (χ1) is 8.70. The predicted octanol–water partition coefficient (Wildman–Crippen LogP) is 1.49. The number of piperidine rings is 1. The standard InChI is InChI=1S/C14H20N2O2/c1-15-14(18)13-7-2-3-8-16(13)10-11-5-4-6-12(17)9-11/h4-6,9,13,17H,2-3,7-8,10H2,1H3,(H,15,18). The first-order valence-corrected chi connectivity index (χ1v) is 6.44. The van der Waals surface area contributed by atoms with Gasteiger partial charge in [-0.1, -0.05) is 18.6 Å². The molecule has 98 valence electrons. The van der Waals surface area contributed by atoms with Gasteiger partial charge in [0.15, 0.2) is 0 Å². The van der Waals surface area contributed by atoms with Gasteiger partial charge in [0.25, 0.3) is 0 Å². The van der Waals surface area contributed by atoms with Crippen molar-refractivity contribution in [1.29, 1.82) is 0 Å². The monoisotopic (exact) mass is 248 g/mol. The van der Waals surface area contributed by atoms with Crippen LogP contribution in [-0.2, 0) is 11.3 Å². The van der Waals surface area contributed by atoms with Crippen molar-refractivity contribution >= 4 is 5.91 Å². The van der Waals surface area contributed by atoms with Crippen LogP contribution in [0.1, 0.15) is 24.8 Å². The molecule has 0 spiro atoms. The Kier molecular flexibility index (Phi) is 4.20. The summed E-state index contributed by atoms with van der Waals surface area (Å²) in [4.78, 5) is 14.0. The number of nitrogens with one attached hydrogen (secondary N) is 1. The van der Waals surface area contributed by atoms with Crippen LogP contribution in [0.4, 0.5) is 0 Å². The van der Waals surface area contributed by atoms with E-state index in [0.29, 0.717) is 6.54 Å². The molecule has 2 N–H and O–H groups in total. The molecular weight excluding hydrogens is 228 g/mol. The minimum atomic E-state index is -0.0360. The molecule has 0 saturated carbocycles. The molecule has 1 aliphatic rings. The van der Waals surface area contributed by atoms with Crippen molar-refractivity contribution in [2.24, 2.45) is 0 Å². The van der Waals surface area contributed by atoms with Gasteiger partial charge in [-0.05, 0) is 37.1 Å². The van der Waals surface area contributed by atoms with Crippen LogP contribution in [0.25, 0.3) is 0 Å². The largest absolute Gasteiger partial charge is 0.508 e. The molecule has 4 heteroatoms. The van der Waals surface area contributed by atoms with Crippen LogP contribution in [0, 0.1) is 0 Å². The number of likely N-dealkylation sites (N-methyl/N-ethyl adjacent to an activating group) is 1. The first kappa shape index (κ1) is 12.9. The maximum absolute atomic E-state index is 11.8. The second kappa shape index (κ2) is 5.87. The third-order valence-electron chi connectivity index (χ3n) is 3.46. The van der Waals surface area contributed by atoms with Crippen molar-refractivity contribution in [2.75, 3.05) is 13.6 Å². The highest BCUT2D eigenvalue weighted by atomic mass is 16.3. The molecule has 1 fully saturated rings. The summed E-state index contributed by atoms with van der Waals surface area (Å²) >= 11 is 0. The quantitative estimate of drug-likeness (QED) is 0.852. The van der Waals surface area contributed by atoms with Crippen LogP contribution < -0.4 is 5.32 Å². The van der Waals surface area contributed by atoms with Crippen molar-refractivity contribution in [3.05, 3.63) is 29.8 Å². The van der Waals surface area contributed by atoms with Gasteiger partial charge in [-0.25, -0.2) is 0 Å². The van der Waals surface area contributed by atoms with Gasteiger partial charge < -0.3 is 10.4 Å². The Morgan fingerprint density at radius 1 is 1.50 bits per heavy atom. The van der Waals surface area contributed by atoms with Crippen LogP contribution in [0.2, 0.25) is 0 Å². The molecule has 2 rings (SSSR count). The summed E-state index contributed by atoms with van der Waals surface area (Å²) in [7, 11) is 1.68. The van der Waals surface area contributed by atoms with E-state index in [1.165, 1.54) is 0 Å². The van der Waals surface area contributed by atoms with Crippen molar-refractivity contribution in [1.82, 2.24) is 10.2 Å². The van der Waals surface area contributed by atoms with E-state index in [2.05, 4.69) is 10.2 Å². The first-order valence-electron chi connectivity index (χ1n) is 6.44. The zero-order valence-electron chi connectivity index (χ0n) is 10.7. The molecule has 1 heterocycles. The normalized spacial score (nSPS) is 20.6. The highest BCUT2D eigenvalue weighted by molar-refractivity contribution is 5.81. The van der Waals surface area contributed by atoms with E-state index in [1.807, 2.05) is 12.1 Å². The fourth-order valence-electron chi connectivity index (χ4n) is 2.53. The van der Waals surface area contributed by atoms with Crippen molar-refractivity contribution < 1.29 is 9.90 Å². The number of benzene rings is 1. The van der Waals surface area contributed by atoms with Gasteiger partial charge in [0, 0.05) is 13.6 Å². The molecule has 0 bridgehead atoms. The van der Waals surface area contributed by atoms with E-state index in [4.69, 9.17) is 0 Å². The van der Waals surface area contributed by atoms with Gasteiger partial charge in [0.2, 0.25) is 5.91 Å². The number of phenolic OH excluding ortho intramolecular Hbond substituents is 1. The fourth-order valence-corrected chi connectivity index (χ4v) is 2.53. The molecule has 4 nitrogen and oxygen atoms in total. The Bertz CT molecular complexity index is 420. The Morgan fingerprint density at radius 2 is 2.33 bits per heavy atom. The second-order valence-electron chi connectivity index (χ2n) is 4.77. The number of nitrogens with zero attached hydrogens (tertiary/aromatic N) is 1. The van der Waals surface area contributed by atoms with E-state index in [9.17, 15) is 9.90 Å². The Hall–Kier alpha value is -1.55. The number of aromatic hydroxyl groups is 1. The average Bonchev–Trinajstić information content (AvgIpc) is 2.38. The summed E-state index contributed by atoms with van der Waals surface area (Å²) in [6, 6.07) is 7.20. The zero-order valence-corrected chi connectivity index (χ0v) is 10.7. The Balaban J connectivity index is 2.07. The zero-order chi connectivity index (χ0) is 13.0. The van der Waals surface area contributed by atoms with Crippen LogP contribution in [-0.4, -0.2) is 35.5 Å². The molecule has 1 aliphatic heterocycles. The van der Waals surface area contributed by atoms with Gasteiger partial charge >= 0.3 is 0 Å². The molecule has 1 amide bonds. The molecule has 18 heavy (non-hydrogen) atoms. The highest BCUT2D eigenvalue weighted by Crippen LogP contribution is 2.21. The smallest absolute Gasteiger partial charge is 0.237 e. The summed E-state index contributed by atoms with van der Waals surface area (Å²) in [5.74, 6) is 0.371. The van der Waals surface area contributed by atoms with E-state index in [0.717, 1.165) is 31.4 Å². The lowest BCUT2D eigenvalue weighted by Gasteiger charge is -2.34. The molecular formula is C14H20N2O2. The SMILES string of the molecule is CNC(=O)C1CCCCN1Cc1cccc(O)c1. The number of carbonyl (C=O) groups is 1. The molecule has 1 atom stereocenters. The van der Waals surface area contributed by atoms with Crippen LogP contribution in [0.3, 0.4) is 0 Å². The number of rotatable bonds is 3. The molecule has 0 radical (unpaired) electrons. The molecule has 0 aliphatic carbocycles. The minimum Gasteiger partial charge on any atom is -0.508 e. The fraction of sp³-hybridized carbons (Fsp3) is 0.500. The van der Waals surface area contributed by atoms with Crippen molar-refractivity contribution in [3.8, 4) is 5.75 Å². The average molecular weight is 248 g/mol. The van der Waals surface area contributed by atoms with E-state index in [1.54, 1.807) is 19.2 Å². The second-order valence-corrected chi connectivity index (χ2v) is 4.77. The molecule has 1 aromatic rings. The van der Waals surface area contributed by atoms with E-state index in [-0.39, 0.29) is 17.7 Å². The summed E-state index contributed by atoms with van der Waals surface area (Å²) in [5, 5.41) is 12.2. The van der Waals surface area contributed by atoms with E-state index < -0.39 is 0 Å². The van der Waals surface area contributed by atoms with Crippen LogP contribution in [0.15, 0.2) is 24.3 Å². The van der Waals surface area contributed by atoms with Gasteiger partial charge in [-0.3, -0.25) is 9.69 Å². The molecule has 1 aromatic carbocycles. The summed E-state index contributed by atoms with van der Waals surface area (Å²) in [5.41, 5.74) is 1.05. The van der Waals surface area contributed by atoms with Gasteiger partial charge in [-0.15, -0.1) is 0 Å². The highest BCUT2D eigenvalue weighted by Gasteiger charge is 2.27. The third kappa shape index (κ3) is 3.01. The minimum absolute atomic E-state index is 0.0360. The number of carbonyl (C=O) groups excluding carboxylic acids is 1. The van der Waals surface area contributed by atoms with Crippen LogP contribution >= 0.6 is 0 Å². The lowest BCUT2D eigenvalue weighted by molar-refractivity contribution is -0.127. The molecule has 0 aromatic heterocycles. The predicted molar refractivity (Wildman–Crippen MR) is 70.2 cm³/mol. The topological polar surface area (TPSA) is 52.6 Å². The van der Waals surface area contributed by atoms with Gasteiger partial charge in [-0.2, -0.15) is 0 Å². The number of phenols is 1. The Morgan fingerprint density at radius 3 is 3.06 bits per heavy atom. The van der Waals surface area contributed by atoms with E-state index >= 15 is 0 Å². The maximum Gasteiger partial charge on any atom is 0.237 e. The maximum atomic E-state index is 11.8. The summed E-state index contributed by atoms with van der Waals surface area (Å²) in [6.45, 7) is 1.65. The lowest BCUT2D eigenvalue weighted by Crippen LogP contribution is -2.48. The third-order valence-corrected chi connectivity index (χ3v) is 3.46. The van der Waals surface area contributed by atoms with Crippen molar-refractivity contribution in [3.63, 3.8) is 0 Å².